The largest absolute Gasteiger partial charge is 0.308 e. The lowest BCUT2D eigenvalue weighted by Crippen LogP contribution is -2.35. The Morgan fingerprint density at radius 1 is 1.33 bits per heavy atom. The van der Waals surface area contributed by atoms with Crippen molar-refractivity contribution in [2.24, 2.45) is 0 Å². The molecular weight excluding hydrogens is 226 g/mol. The molecule has 0 amide bonds. The van der Waals surface area contributed by atoms with Gasteiger partial charge in [-0.15, -0.1) is 11.8 Å². The Kier molecular flexibility index (Phi) is 4.50. The predicted octanol–water partition coefficient (Wildman–Crippen LogP) is 3.95. The van der Waals surface area contributed by atoms with E-state index >= 15 is 0 Å². The molecule has 0 fully saturated rings. The highest BCUT2D eigenvalue weighted by molar-refractivity contribution is 7.98. The highest BCUT2D eigenvalue weighted by Crippen LogP contribution is 2.23. The summed E-state index contributed by atoms with van der Waals surface area (Å²) in [5.41, 5.74) is 1.28. The summed E-state index contributed by atoms with van der Waals surface area (Å²) >= 11 is 7.89. The molecular formula is C12H18ClNS. The van der Waals surface area contributed by atoms with Crippen molar-refractivity contribution in [3.8, 4) is 0 Å². The molecule has 0 saturated heterocycles. The predicted molar refractivity (Wildman–Crippen MR) is 69.8 cm³/mol. The van der Waals surface area contributed by atoms with Gasteiger partial charge in [0, 0.05) is 22.0 Å². The van der Waals surface area contributed by atoms with E-state index < -0.39 is 0 Å². The van der Waals surface area contributed by atoms with E-state index in [1.807, 2.05) is 6.07 Å². The van der Waals surface area contributed by atoms with Crippen LogP contribution in [0.5, 0.6) is 0 Å². The molecule has 0 heterocycles. The van der Waals surface area contributed by atoms with E-state index in [0.29, 0.717) is 0 Å². The van der Waals surface area contributed by atoms with Gasteiger partial charge in [0.1, 0.15) is 0 Å². The summed E-state index contributed by atoms with van der Waals surface area (Å²) in [6.07, 6.45) is 2.05. The first-order valence-electron chi connectivity index (χ1n) is 5.00. The van der Waals surface area contributed by atoms with Gasteiger partial charge in [-0.25, -0.2) is 0 Å². The summed E-state index contributed by atoms with van der Waals surface area (Å²) < 4.78 is 0. The number of thioether (sulfide) groups is 1. The molecule has 1 rings (SSSR count). The van der Waals surface area contributed by atoms with Gasteiger partial charge in [-0.3, -0.25) is 0 Å². The van der Waals surface area contributed by atoms with Gasteiger partial charge in [-0.05, 0) is 44.7 Å². The average molecular weight is 244 g/mol. The molecule has 1 N–H and O–H groups in total. The molecule has 0 radical (unpaired) electrons. The molecule has 0 unspecified atom stereocenters. The lowest BCUT2D eigenvalue weighted by atomic mass is 10.1. The molecule has 0 aliphatic rings. The van der Waals surface area contributed by atoms with Crippen LogP contribution in [-0.2, 0) is 6.54 Å². The zero-order valence-electron chi connectivity index (χ0n) is 9.73. The highest BCUT2D eigenvalue weighted by atomic mass is 35.5. The Balaban J connectivity index is 2.70. The van der Waals surface area contributed by atoms with E-state index in [2.05, 4.69) is 44.5 Å². The molecule has 0 atom stereocenters. The Morgan fingerprint density at radius 2 is 2.00 bits per heavy atom. The maximum atomic E-state index is 6.18. The number of hydrogen-bond acceptors (Lipinski definition) is 2. The van der Waals surface area contributed by atoms with Crippen molar-refractivity contribution in [2.75, 3.05) is 6.26 Å². The minimum atomic E-state index is 0.126. The highest BCUT2D eigenvalue weighted by Gasteiger charge is 2.09. The van der Waals surface area contributed by atoms with Crippen molar-refractivity contribution in [3.63, 3.8) is 0 Å². The molecule has 84 valence electrons. The van der Waals surface area contributed by atoms with E-state index in [4.69, 9.17) is 11.6 Å². The SMILES string of the molecule is CSc1ccc(CNC(C)(C)C)c(Cl)c1. The van der Waals surface area contributed by atoms with E-state index in [-0.39, 0.29) is 5.54 Å². The molecule has 0 spiro atoms. The Hall–Kier alpha value is -0.180. The minimum absolute atomic E-state index is 0.126. The number of rotatable bonds is 3. The van der Waals surface area contributed by atoms with Crippen molar-refractivity contribution in [1.82, 2.24) is 5.32 Å². The van der Waals surface area contributed by atoms with Crippen molar-refractivity contribution in [3.05, 3.63) is 28.8 Å². The Morgan fingerprint density at radius 3 is 2.47 bits per heavy atom. The number of hydrogen-bond donors (Lipinski definition) is 1. The van der Waals surface area contributed by atoms with Gasteiger partial charge in [-0.1, -0.05) is 17.7 Å². The summed E-state index contributed by atoms with van der Waals surface area (Å²) in [6.45, 7) is 7.27. The number of nitrogens with one attached hydrogen (secondary N) is 1. The summed E-state index contributed by atoms with van der Waals surface area (Å²) in [4.78, 5) is 1.21. The van der Waals surface area contributed by atoms with Crippen LogP contribution in [-0.4, -0.2) is 11.8 Å². The van der Waals surface area contributed by atoms with Gasteiger partial charge in [0.15, 0.2) is 0 Å². The first-order chi connectivity index (χ1) is 6.92. The second-order valence-corrected chi connectivity index (χ2v) is 5.85. The van der Waals surface area contributed by atoms with Crippen LogP contribution in [0.25, 0.3) is 0 Å². The number of halogens is 1. The fraction of sp³-hybridized carbons (Fsp3) is 0.500. The zero-order valence-corrected chi connectivity index (χ0v) is 11.3. The van der Waals surface area contributed by atoms with Crippen LogP contribution in [0.2, 0.25) is 5.02 Å². The van der Waals surface area contributed by atoms with E-state index in [1.165, 1.54) is 4.90 Å². The molecule has 0 bridgehead atoms. The first kappa shape index (κ1) is 12.9. The molecule has 0 aromatic heterocycles. The molecule has 1 aromatic carbocycles. The van der Waals surface area contributed by atoms with Crippen LogP contribution in [0.15, 0.2) is 23.1 Å². The van der Waals surface area contributed by atoms with Gasteiger partial charge in [0.05, 0.1) is 0 Å². The molecule has 0 aliphatic heterocycles. The maximum Gasteiger partial charge on any atom is 0.0462 e. The third-order valence-corrected chi connectivity index (χ3v) is 3.15. The topological polar surface area (TPSA) is 12.0 Å². The van der Waals surface area contributed by atoms with Crippen LogP contribution in [0.1, 0.15) is 26.3 Å². The number of benzene rings is 1. The van der Waals surface area contributed by atoms with Gasteiger partial charge in [-0.2, -0.15) is 0 Å². The maximum absolute atomic E-state index is 6.18. The fourth-order valence-electron chi connectivity index (χ4n) is 1.16. The van der Waals surface area contributed by atoms with Crippen LogP contribution in [0, 0.1) is 0 Å². The smallest absolute Gasteiger partial charge is 0.0462 e. The van der Waals surface area contributed by atoms with Crippen molar-refractivity contribution in [2.45, 2.75) is 37.8 Å². The second kappa shape index (κ2) is 5.24. The molecule has 1 nitrogen and oxygen atoms in total. The molecule has 15 heavy (non-hydrogen) atoms. The Bertz CT molecular complexity index is 331. The van der Waals surface area contributed by atoms with Gasteiger partial charge >= 0.3 is 0 Å². The molecule has 3 heteroatoms. The quantitative estimate of drug-likeness (QED) is 0.807. The van der Waals surface area contributed by atoms with Crippen LogP contribution in [0.3, 0.4) is 0 Å². The van der Waals surface area contributed by atoms with Crippen LogP contribution < -0.4 is 5.32 Å². The summed E-state index contributed by atoms with van der Waals surface area (Å²) in [5, 5.41) is 4.27. The Labute approximate surface area is 102 Å². The van der Waals surface area contributed by atoms with Crippen LogP contribution >= 0.6 is 23.4 Å². The van der Waals surface area contributed by atoms with Gasteiger partial charge < -0.3 is 5.32 Å². The summed E-state index contributed by atoms with van der Waals surface area (Å²) in [7, 11) is 0. The third kappa shape index (κ3) is 4.45. The fourth-order valence-corrected chi connectivity index (χ4v) is 1.91. The van der Waals surface area contributed by atoms with Crippen molar-refractivity contribution >= 4 is 23.4 Å². The average Bonchev–Trinajstić information content (AvgIpc) is 2.14. The monoisotopic (exact) mass is 243 g/mol. The van der Waals surface area contributed by atoms with E-state index in [0.717, 1.165) is 17.1 Å². The zero-order chi connectivity index (χ0) is 11.5. The minimum Gasteiger partial charge on any atom is -0.308 e. The molecule has 0 saturated carbocycles. The van der Waals surface area contributed by atoms with Gasteiger partial charge in [0.2, 0.25) is 0 Å². The lowest BCUT2D eigenvalue weighted by molar-refractivity contribution is 0.424. The lowest BCUT2D eigenvalue weighted by Gasteiger charge is -2.21. The first-order valence-corrected chi connectivity index (χ1v) is 6.60. The molecule has 0 aliphatic carbocycles. The van der Waals surface area contributed by atoms with Gasteiger partial charge in [0.25, 0.3) is 0 Å². The van der Waals surface area contributed by atoms with E-state index in [1.54, 1.807) is 11.8 Å². The summed E-state index contributed by atoms with van der Waals surface area (Å²) in [5.74, 6) is 0. The van der Waals surface area contributed by atoms with Crippen LogP contribution in [0.4, 0.5) is 0 Å². The molecule has 1 aromatic rings. The van der Waals surface area contributed by atoms with Crippen molar-refractivity contribution in [1.29, 1.82) is 0 Å². The second-order valence-electron chi connectivity index (χ2n) is 4.56. The van der Waals surface area contributed by atoms with E-state index in [9.17, 15) is 0 Å². The normalized spacial score (nSPS) is 11.8. The van der Waals surface area contributed by atoms with Crippen molar-refractivity contribution < 1.29 is 0 Å². The summed E-state index contributed by atoms with van der Waals surface area (Å²) in [6, 6.07) is 6.22. The standard InChI is InChI=1S/C12H18ClNS/c1-12(2,3)14-8-9-5-6-10(15-4)7-11(9)13/h5-7,14H,8H2,1-4H3. The third-order valence-electron chi connectivity index (χ3n) is 2.07.